The molecule has 23 heavy (non-hydrogen) atoms. The van der Waals surface area contributed by atoms with E-state index in [1.807, 2.05) is 25.1 Å². The highest BCUT2D eigenvalue weighted by atomic mass is 16.5. The predicted molar refractivity (Wildman–Crippen MR) is 90.1 cm³/mol. The summed E-state index contributed by atoms with van der Waals surface area (Å²) in [5.41, 5.74) is 0.933. The third kappa shape index (κ3) is 4.86. The average molecular weight is 321 g/mol. The van der Waals surface area contributed by atoms with Crippen LogP contribution in [0.1, 0.15) is 38.3 Å². The largest absolute Gasteiger partial charge is 0.497 e. The molecule has 0 aromatic heterocycles. The molecule has 5 nitrogen and oxygen atoms in total. The Morgan fingerprint density at radius 2 is 2.00 bits per heavy atom. The Labute approximate surface area is 139 Å². The van der Waals surface area contributed by atoms with Crippen LogP contribution in [0, 0.1) is 5.92 Å². The Morgan fingerprint density at radius 3 is 2.61 bits per heavy atom. The van der Waals surface area contributed by atoms with Crippen molar-refractivity contribution in [1.29, 1.82) is 0 Å². The molecule has 1 saturated heterocycles. The number of carbonyl (C=O) groups excluding carboxylic acids is 1. The van der Waals surface area contributed by atoms with Crippen LogP contribution in [0.3, 0.4) is 0 Å². The van der Waals surface area contributed by atoms with Crippen LogP contribution < -0.4 is 19.7 Å². The molecule has 1 fully saturated rings. The summed E-state index contributed by atoms with van der Waals surface area (Å²) >= 11 is 0. The van der Waals surface area contributed by atoms with Crippen LogP contribution in [0.4, 0.5) is 0 Å². The molecule has 128 valence electrons. The summed E-state index contributed by atoms with van der Waals surface area (Å²) in [5.74, 6) is 2.41. The van der Waals surface area contributed by atoms with Crippen LogP contribution >= 0.6 is 0 Å². The van der Waals surface area contributed by atoms with E-state index in [1.165, 1.54) is 17.7 Å². The molecule has 1 aromatic carbocycles. The van der Waals surface area contributed by atoms with Gasteiger partial charge in [0.05, 0.1) is 33.4 Å². The van der Waals surface area contributed by atoms with Crippen molar-refractivity contribution < 1.29 is 19.2 Å². The van der Waals surface area contributed by atoms with Crippen LogP contribution in [-0.2, 0) is 4.79 Å². The third-order valence-corrected chi connectivity index (χ3v) is 4.67. The fourth-order valence-electron chi connectivity index (χ4n) is 3.12. The highest BCUT2D eigenvalue weighted by Gasteiger charge is 2.23. The number of amides is 1. The fourth-order valence-corrected chi connectivity index (χ4v) is 3.12. The number of ether oxygens (including phenoxy) is 2. The molecule has 0 saturated carbocycles. The lowest BCUT2D eigenvalue weighted by atomic mass is 9.99. The van der Waals surface area contributed by atoms with Crippen molar-refractivity contribution in [2.24, 2.45) is 5.92 Å². The van der Waals surface area contributed by atoms with E-state index in [1.54, 1.807) is 14.2 Å². The molecule has 0 aliphatic carbocycles. The van der Waals surface area contributed by atoms with E-state index < -0.39 is 0 Å². The van der Waals surface area contributed by atoms with E-state index in [0.717, 1.165) is 36.1 Å². The number of carbonyl (C=O) groups is 1. The molecule has 1 heterocycles. The quantitative estimate of drug-likeness (QED) is 0.828. The van der Waals surface area contributed by atoms with E-state index >= 15 is 0 Å². The molecule has 5 heteroatoms. The smallest absolute Gasteiger partial charge is 0.275 e. The summed E-state index contributed by atoms with van der Waals surface area (Å²) in [6.45, 7) is 6.98. The Bertz CT molecular complexity index is 525. The van der Waals surface area contributed by atoms with Gasteiger partial charge in [-0.15, -0.1) is 0 Å². The lowest BCUT2D eigenvalue weighted by Crippen LogP contribution is -3.14. The molecule has 0 radical (unpaired) electrons. The minimum absolute atomic E-state index is 0.0897. The minimum Gasteiger partial charge on any atom is -0.497 e. The number of likely N-dealkylation sites (tertiary alicyclic amines) is 1. The minimum atomic E-state index is -0.115. The number of nitrogens with one attached hydrogen (secondary N) is 2. The number of methoxy groups -OCH3 is 2. The highest BCUT2D eigenvalue weighted by molar-refractivity contribution is 5.77. The van der Waals surface area contributed by atoms with Gasteiger partial charge in [-0.3, -0.25) is 4.79 Å². The summed E-state index contributed by atoms with van der Waals surface area (Å²) in [6, 6.07) is 5.53. The van der Waals surface area contributed by atoms with E-state index in [9.17, 15) is 4.79 Å². The van der Waals surface area contributed by atoms with Gasteiger partial charge in [0.15, 0.2) is 6.54 Å². The van der Waals surface area contributed by atoms with Crippen LogP contribution in [0.25, 0.3) is 0 Å². The summed E-state index contributed by atoms with van der Waals surface area (Å²) in [7, 11) is 3.27. The molecule has 1 aromatic rings. The van der Waals surface area contributed by atoms with Crippen LogP contribution in [-0.4, -0.2) is 39.8 Å². The molecule has 2 rings (SSSR count). The molecule has 0 unspecified atom stereocenters. The fraction of sp³-hybridized carbons (Fsp3) is 0.611. The molecular formula is C18H29N2O3+. The maximum atomic E-state index is 12.3. The Morgan fingerprint density at radius 1 is 1.30 bits per heavy atom. The van der Waals surface area contributed by atoms with Crippen molar-refractivity contribution >= 4 is 5.91 Å². The number of hydrogen-bond acceptors (Lipinski definition) is 3. The van der Waals surface area contributed by atoms with Gasteiger partial charge in [0.1, 0.15) is 11.5 Å². The first kappa shape index (κ1) is 17.6. The lowest BCUT2D eigenvalue weighted by Gasteiger charge is -2.27. The van der Waals surface area contributed by atoms with Gasteiger partial charge in [-0.2, -0.15) is 0 Å². The summed E-state index contributed by atoms with van der Waals surface area (Å²) in [5, 5.41) is 3.09. The number of benzene rings is 1. The third-order valence-electron chi connectivity index (χ3n) is 4.67. The zero-order valence-electron chi connectivity index (χ0n) is 14.6. The lowest BCUT2D eigenvalue weighted by molar-refractivity contribution is -0.898. The van der Waals surface area contributed by atoms with Crippen molar-refractivity contribution in [2.45, 2.75) is 32.7 Å². The summed E-state index contributed by atoms with van der Waals surface area (Å²) in [4.78, 5) is 13.7. The van der Waals surface area contributed by atoms with Gasteiger partial charge < -0.3 is 19.7 Å². The molecule has 1 aliphatic rings. The highest BCUT2D eigenvalue weighted by Crippen LogP contribution is 2.29. The van der Waals surface area contributed by atoms with Gasteiger partial charge >= 0.3 is 0 Å². The van der Waals surface area contributed by atoms with Gasteiger partial charge in [0, 0.05) is 5.56 Å². The number of quaternary nitrogens is 1. The maximum Gasteiger partial charge on any atom is 0.275 e. The molecule has 1 amide bonds. The predicted octanol–water partition coefficient (Wildman–Crippen LogP) is 1.20. The first-order valence-electron chi connectivity index (χ1n) is 8.38. The second kappa shape index (κ2) is 8.20. The van der Waals surface area contributed by atoms with Crippen molar-refractivity contribution in [3.63, 3.8) is 0 Å². The van der Waals surface area contributed by atoms with Gasteiger partial charge in [-0.05, 0) is 43.9 Å². The summed E-state index contributed by atoms with van der Waals surface area (Å²) in [6.07, 6.45) is 2.42. The van der Waals surface area contributed by atoms with Gasteiger partial charge in [0.2, 0.25) is 0 Å². The molecule has 1 atom stereocenters. The first-order chi connectivity index (χ1) is 11.0. The van der Waals surface area contributed by atoms with E-state index in [2.05, 4.69) is 12.2 Å². The number of piperidine rings is 1. The molecule has 2 N–H and O–H groups in total. The maximum absolute atomic E-state index is 12.3. The molecular weight excluding hydrogens is 292 g/mol. The Hall–Kier alpha value is -1.75. The number of rotatable bonds is 6. The van der Waals surface area contributed by atoms with Gasteiger partial charge in [-0.25, -0.2) is 0 Å². The topological polar surface area (TPSA) is 52.0 Å². The second-order valence-electron chi connectivity index (χ2n) is 6.51. The van der Waals surface area contributed by atoms with Crippen LogP contribution in [0.5, 0.6) is 11.5 Å². The van der Waals surface area contributed by atoms with Gasteiger partial charge in [-0.1, -0.05) is 6.92 Å². The summed E-state index contributed by atoms with van der Waals surface area (Å²) < 4.78 is 10.7. The average Bonchev–Trinajstić information content (AvgIpc) is 2.56. The van der Waals surface area contributed by atoms with Crippen molar-refractivity contribution in [3.8, 4) is 11.5 Å². The van der Waals surface area contributed by atoms with Gasteiger partial charge in [0.25, 0.3) is 5.91 Å². The molecule has 1 aliphatic heterocycles. The van der Waals surface area contributed by atoms with Crippen molar-refractivity contribution in [2.75, 3.05) is 33.9 Å². The number of hydrogen-bond donors (Lipinski definition) is 2. The Balaban J connectivity index is 1.95. The Kier molecular flexibility index (Phi) is 6.28. The van der Waals surface area contributed by atoms with E-state index in [-0.39, 0.29) is 11.9 Å². The normalized spacial score (nSPS) is 22.3. The van der Waals surface area contributed by atoms with E-state index in [0.29, 0.717) is 6.54 Å². The van der Waals surface area contributed by atoms with Crippen molar-refractivity contribution in [3.05, 3.63) is 23.8 Å². The first-order valence-corrected chi connectivity index (χ1v) is 8.38. The zero-order chi connectivity index (χ0) is 16.8. The van der Waals surface area contributed by atoms with Crippen LogP contribution in [0.2, 0.25) is 0 Å². The standard InChI is InChI=1S/C18H28N2O3/c1-13-7-9-20(10-8-13)12-18(21)19-14(2)16-11-15(22-3)5-6-17(16)23-4/h5-6,11,13-14H,7-10,12H2,1-4H3,(H,19,21)/p+1/t14-/m0/s1. The zero-order valence-corrected chi connectivity index (χ0v) is 14.6. The van der Waals surface area contributed by atoms with Crippen molar-refractivity contribution in [1.82, 2.24) is 5.32 Å². The molecule has 0 bridgehead atoms. The van der Waals surface area contributed by atoms with Crippen LogP contribution in [0.15, 0.2) is 18.2 Å². The van der Waals surface area contributed by atoms with E-state index in [4.69, 9.17) is 9.47 Å². The molecule has 0 spiro atoms. The SMILES string of the molecule is COc1ccc(OC)c([C@H](C)NC(=O)C[NH+]2CCC(C)CC2)c1. The monoisotopic (exact) mass is 321 g/mol. The second-order valence-corrected chi connectivity index (χ2v) is 6.51.